The summed E-state index contributed by atoms with van der Waals surface area (Å²) in [5.41, 5.74) is 6.18. The smallest absolute Gasteiger partial charge is 0.137 e. The maximum atomic E-state index is 6.49. The summed E-state index contributed by atoms with van der Waals surface area (Å²) in [6, 6.07) is 17.4. The van der Waals surface area contributed by atoms with Crippen LogP contribution in [0.5, 0.6) is 5.75 Å². The van der Waals surface area contributed by atoms with Crippen LogP contribution < -0.4 is 10.1 Å². The second-order valence-electron chi connectivity index (χ2n) is 10.1. The van der Waals surface area contributed by atoms with E-state index >= 15 is 0 Å². The van der Waals surface area contributed by atoms with Crippen molar-refractivity contribution in [3.8, 4) is 16.9 Å². The molecule has 0 radical (unpaired) electrons. The third kappa shape index (κ3) is 4.37. The van der Waals surface area contributed by atoms with Crippen LogP contribution in [0.25, 0.3) is 22.9 Å². The fourth-order valence-corrected chi connectivity index (χ4v) is 5.30. The third-order valence-electron chi connectivity index (χ3n) is 7.49. The predicted molar refractivity (Wildman–Crippen MR) is 139 cm³/mol. The molecule has 3 aliphatic rings. The molecule has 2 aromatic carbocycles. The van der Waals surface area contributed by atoms with Crippen LogP contribution in [0, 0.1) is 0 Å². The Morgan fingerprint density at radius 1 is 1.00 bits per heavy atom. The van der Waals surface area contributed by atoms with E-state index in [2.05, 4.69) is 77.0 Å². The number of ether oxygens (including phenoxy) is 1. The highest BCUT2D eigenvalue weighted by Gasteiger charge is 2.46. The standard InChI is InChI=1S/C29H34N4O/c1-2-22-7-6-8-24(17-22)27-19-31-33-20-25(18-30-28(27)33)23-9-11-26(12-10-23)34-29(13-14-29)21-32-15-4-3-5-16-32/h6-12,17,19-20,30H,2-5,13-16,18,21H2,1H3. The molecule has 1 N–H and O–H groups in total. The van der Waals surface area contributed by atoms with Gasteiger partial charge in [-0.1, -0.05) is 49.7 Å². The van der Waals surface area contributed by atoms with E-state index in [0.29, 0.717) is 0 Å². The molecule has 0 amide bonds. The number of aromatic nitrogens is 2. The number of likely N-dealkylation sites (tertiary alicyclic amines) is 1. The van der Waals surface area contributed by atoms with Gasteiger partial charge in [0.05, 0.1) is 6.20 Å². The number of hydrogen-bond acceptors (Lipinski definition) is 4. The van der Waals surface area contributed by atoms with Gasteiger partial charge in [0.25, 0.3) is 0 Å². The van der Waals surface area contributed by atoms with E-state index in [0.717, 1.165) is 36.6 Å². The van der Waals surface area contributed by atoms with Crippen molar-refractivity contribution in [2.24, 2.45) is 0 Å². The van der Waals surface area contributed by atoms with Crippen LogP contribution >= 0.6 is 0 Å². The molecule has 0 bridgehead atoms. The maximum absolute atomic E-state index is 6.49. The van der Waals surface area contributed by atoms with Crippen molar-refractivity contribution in [1.82, 2.24) is 14.7 Å². The zero-order valence-electron chi connectivity index (χ0n) is 20.1. The van der Waals surface area contributed by atoms with Crippen molar-refractivity contribution in [3.05, 3.63) is 65.9 Å². The largest absolute Gasteiger partial charge is 0.486 e. The first-order chi connectivity index (χ1) is 16.7. The number of fused-ring (bicyclic) bond motifs is 1. The topological polar surface area (TPSA) is 42.3 Å². The fraction of sp³-hybridized carbons (Fsp3) is 0.414. The van der Waals surface area contributed by atoms with Gasteiger partial charge in [0.2, 0.25) is 0 Å². The first kappa shape index (κ1) is 21.5. The van der Waals surface area contributed by atoms with E-state index in [1.165, 1.54) is 67.5 Å². The van der Waals surface area contributed by atoms with E-state index in [4.69, 9.17) is 4.74 Å². The first-order valence-electron chi connectivity index (χ1n) is 12.8. The lowest BCUT2D eigenvalue weighted by molar-refractivity contribution is 0.101. The molecule has 2 aliphatic heterocycles. The van der Waals surface area contributed by atoms with Gasteiger partial charge in [-0.15, -0.1) is 0 Å². The molecular formula is C29H34N4O. The Balaban J connectivity index is 1.16. The van der Waals surface area contributed by atoms with Gasteiger partial charge in [0.1, 0.15) is 17.2 Å². The predicted octanol–water partition coefficient (Wildman–Crippen LogP) is 5.93. The van der Waals surface area contributed by atoms with Crippen LogP contribution in [0.2, 0.25) is 0 Å². The molecule has 3 heterocycles. The number of hydrogen-bond donors (Lipinski definition) is 1. The van der Waals surface area contributed by atoms with Crippen LogP contribution in [0.15, 0.2) is 54.7 Å². The number of anilines is 1. The SMILES string of the molecule is CCc1cccc(-c2cnn3c2NCC(c2ccc(OC4(CN5CCCCC5)CC4)cc2)=C3)c1. The maximum Gasteiger partial charge on any atom is 0.137 e. The number of piperidine rings is 1. The third-order valence-corrected chi connectivity index (χ3v) is 7.49. The molecule has 0 atom stereocenters. The van der Waals surface area contributed by atoms with Crippen LogP contribution in [0.4, 0.5) is 5.82 Å². The number of rotatable bonds is 7. The Bertz CT molecular complexity index is 1180. The van der Waals surface area contributed by atoms with Gasteiger partial charge in [-0.2, -0.15) is 5.10 Å². The van der Waals surface area contributed by atoms with Crippen LogP contribution in [-0.4, -0.2) is 46.5 Å². The van der Waals surface area contributed by atoms with E-state index in [9.17, 15) is 0 Å². The van der Waals surface area contributed by atoms with Crippen molar-refractivity contribution >= 4 is 17.6 Å². The number of nitrogens with one attached hydrogen (secondary N) is 1. The monoisotopic (exact) mass is 454 g/mol. The Morgan fingerprint density at radius 2 is 1.82 bits per heavy atom. The van der Waals surface area contributed by atoms with Gasteiger partial charge in [0.15, 0.2) is 0 Å². The first-order valence-corrected chi connectivity index (χ1v) is 12.8. The molecule has 0 unspecified atom stereocenters. The fourth-order valence-electron chi connectivity index (χ4n) is 5.30. The molecule has 3 aromatic rings. The van der Waals surface area contributed by atoms with E-state index in [1.54, 1.807) is 0 Å². The molecule has 1 saturated heterocycles. The van der Waals surface area contributed by atoms with Crippen molar-refractivity contribution in [1.29, 1.82) is 0 Å². The minimum absolute atomic E-state index is 0.0416. The van der Waals surface area contributed by atoms with Gasteiger partial charge in [-0.3, -0.25) is 4.90 Å². The van der Waals surface area contributed by atoms with Crippen molar-refractivity contribution in [3.63, 3.8) is 0 Å². The lowest BCUT2D eigenvalue weighted by atomic mass is 10.0. The lowest BCUT2D eigenvalue weighted by Crippen LogP contribution is -2.40. The summed E-state index contributed by atoms with van der Waals surface area (Å²) in [6.45, 7) is 6.51. The summed E-state index contributed by atoms with van der Waals surface area (Å²) in [5, 5.41) is 8.24. The molecule has 1 aliphatic carbocycles. The summed E-state index contributed by atoms with van der Waals surface area (Å²) < 4.78 is 8.46. The highest BCUT2D eigenvalue weighted by molar-refractivity contribution is 5.86. The normalized spacial score (nSPS) is 19.1. The van der Waals surface area contributed by atoms with Gasteiger partial charge in [-0.25, -0.2) is 4.68 Å². The molecule has 6 rings (SSSR count). The van der Waals surface area contributed by atoms with E-state index < -0.39 is 0 Å². The average Bonchev–Trinajstić information content (AvgIpc) is 3.50. The number of benzene rings is 2. The van der Waals surface area contributed by atoms with Crippen LogP contribution in [0.1, 0.15) is 50.2 Å². The van der Waals surface area contributed by atoms with Crippen LogP contribution in [0.3, 0.4) is 0 Å². The van der Waals surface area contributed by atoms with Gasteiger partial charge >= 0.3 is 0 Å². The zero-order valence-corrected chi connectivity index (χ0v) is 20.1. The van der Waals surface area contributed by atoms with Gasteiger partial charge < -0.3 is 10.1 Å². The summed E-state index contributed by atoms with van der Waals surface area (Å²) >= 11 is 0. The minimum atomic E-state index is 0.0416. The highest BCUT2D eigenvalue weighted by atomic mass is 16.5. The molecule has 5 heteroatoms. The average molecular weight is 455 g/mol. The quantitative estimate of drug-likeness (QED) is 0.480. The molecule has 176 valence electrons. The zero-order chi connectivity index (χ0) is 23.0. The Kier molecular flexibility index (Phi) is 5.66. The molecule has 5 nitrogen and oxygen atoms in total. The number of aryl methyl sites for hydroxylation is 1. The van der Waals surface area contributed by atoms with Gasteiger partial charge in [-0.05, 0) is 79.6 Å². The Labute approximate surface area is 202 Å². The lowest BCUT2D eigenvalue weighted by Gasteiger charge is -2.30. The van der Waals surface area contributed by atoms with Crippen molar-refractivity contribution in [2.75, 3.05) is 31.5 Å². The second kappa shape index (κ2) is 8.95. The van der Waals surface area contributed by atoms with E-state index in [-0.39, 0.29) is 5.60 Å². The summed E-state index contributed by atoms with van der Waals surface area (Å²) in [6.07, 6.45) is 11.5. The summed E-state index contributed by atoms with van der Waals surface area (Å²) in [7, 11) is 0. The highest BCUT2D eigenvalue weighted by Crippen LogP contribution is 2.42. The van der Waals surface area contributed by atoms with Gasteiger partial charge in [0, 0.05) is 24.9 Å². The Hall–Kier alpha value is -3.05. The summed E-state index contributed by atoms with van der Waals surface area (Å²) in [5.74, 6) is 2.05. The molecule has 1 aromatic heterocycles. The molecule has 1 saturated carbocycles. The minimum Gasteiger partial charge on any atom is -0.486 e. The molecular weight excluding hydrogens is 420 g/mol. The van der Waals surface area contributed by atoms with E-state index in [1.807, 2.05) is 10.9 Å². The molecule has 34 heavy (non-hydrogen) atoms. The van der Waals surface area contributed by atoms with Crippen LogP contribution in [-0.2, 0) is 6.42 Å². The summed E-state index contributed by atoms with van der Waals surface area (Å²) in [4.78, 5) is 2.60. The molecule has 2 fully saturated rings. The second-order valence-corrected chi connectivity index (χ2v) is 10.1. The van der Waals surface area contributed by atoms with Crippen molar-refractivity contribution < 1.29 is 4.74 Å². The molecule has 0 spiro atoms. The Morgan fingerprint density at radius 3 is 2.59 bits per heavy atom. The van der Waals surface area contributed by atoms with Crippen molar-refractivity contribution in [2.45, 2.75) is 51.0 Å². The number of nitrogens with zero attached hydrogens (tertiary/aromatic N) is 3.